The van der Waals surface area contributed by atoms with Crippen LogP contribution in [0.1, 0.15) is 11.1 Å². The first-order valence-corrected chi connectivity index (χ1v) is 52.1. The Balaban J connectivity index is 0.000000105. The zero-order valence-electron chi connectivity index (χ0n) is 81.1. The molecular weight excluding hydrogens is 1780 g/mol. The lowest BCUT2D eigenvalue weighted by Crippen LogP contribution is -2.74. The number of aryl methyl sites for hydroxylation is 2. The van der Waals surface area contributed by atoms with Crippen LogP contribution in [0.3, 0.4) is 0 Å². The fraction of sp³-hybridized carbons (Fsp3) is 0.0145. The molecule has 0 atom stereocenters. The van der Waals surface area contributed by atoms with Crippen molar-refractivity contribution >= 4 is 178 Å². The van der Waals surface area contributed by atoms with Crippen molar-refractivity contribution in [2.75, 3.05) is 14.7 Å². The predicted molar refractivity (Wildman–Crippen MR) is 623 cm³/mol. The minimum Gasteiger partial charge on any atom is -0.311 e. The summed E-state index contributed by atoms with van der Waals surface area (Å²) >= 11 is 0. The molecule has 146 heavy (non-hydrogen) atoms. The number of nitrogens with zero attached hydrogens (tertiary/aromatic N) is 7. The molecule has 694 valence electrons. The van der Waals surface area contributed by atoms with Crippen LogP contribution >= 0.6 is 0 Å². The highest BCUT2D eigenvalue weighted by atomic mass is 28.3. The van der Waals surface area contributed by atoms with Crippen molar-refractivity contribution in [3.05, 3.63) is 600 Å². The molecule has 0 amide bonds. The second-order valence-corrected chi connectivity index (χ2v) is 41.0. The molecule has 4 aromatic heterocycles. The first kappa shape index (κ1) is 89.7. The number of hydrogen-bond acceptors (Lipinski definition) is 3. The predicted octanol–water partition coefficient (Wildman–Crippen LogP) is 34.4. The zero-order valence-corrected chi connectivity index (χ0v) is 82.1. The molecule has 0 unspecified atom stereocenters. The zero-order chi connectivity index (χ0) is 97.6. The average Bonchev–Trinajstić information content (AvgIpc) is 1.12. The Kier molecular flexibility index (Phi) is 24.6. The summed E-state index contributed by atoms with van der Waals surface area (Å²) in [6.07, 6.45) is 0. The molecule has 8 heteroatoms. The van der Waals surface area contributed by atoms with Crippen LogP contribution in [0.2, 0.25) is 0 Å². The van der Waals surface area contributed by atoms with Gasteiger partial charge in [0.2, 0.25) is 0 Å². The van der Waals surface area contributed by atoms with Gasteiger partial charge in [-0.3, -0.25) is 0 Å². The molecule has 0 spiro atoms. The number of para-hydroxylation sites is 10. The third-order valence-corrected chi connectivity index (χ3v) is 33.2. The molecule has 7 nitrogen and oxygen atoms in total. The summed E-state index contributed by atoms with van der Waals surface area (Å²) in [6.45, 7) is 4.25. The Labute approximate surface area is 852 Å². The Morgan fingerprint density at radius 1 is 0.144 bits per heavy atom. The Morgan fingerprint density at radius 2 is 0.363 bits per heavy atom. The summed E-state index contributed by atoms with van der Waals surface area (Å²) in [4.78, 5) is 6.92. The van der Waals surface area contributed by atoms with Crippen LogP contribution in [0.25, 0.3) is 132 Å². The van der Waals surface area contributed by atoms with E-state index in [0.29, 0.717) is 0 Å². The van der Waals surface area contributed by atoms with Gasteiger partial charge >= 0.3 is 0 Å². The van der Waals surface area contributed by atoms with Crippen LogP contribution < -0.4 is 35.4 Å². The molecule has 23 aromatic carbocycles. The standard InChI is InChI=1S/C42H31NSi.C34H24N2.C32H26N2.C30H22N2/c1-5-15-32(16-6-1)33-25-30-42-40(31-33)39-23-13-14-24-41(39)43(42)34-26-28-38(29-27-34)44(35-17-7-2-8-18-35,36-19-9-3-10-20-36)37-21-11-4-12-22-37;1-2-12-27(13-3-1)35(30-19-18-25-10-4-5-11-26(25)24-30)28-20-22-29(23-21-28)36-33-16-8-6-14-31(33)32-15-7-9-17-34(32)36;1-23-11-15-25(16-12-23)33(26-17-13-24(2)14-18-26)27-19-21-28(22-20-27)34-31-9-5-3-7-29(31)30-8-4-6-10-32(30)34;1-3-11-23(12-4-1)31(24-13-5-2-6-14-24)25-19-21-26(22-20-25)32-29-17-9-7-15-27(29)28-16-8-10-18-30(28)32/h1-31H;1-24H;3-22H,1-2H3;1-22H. The third-order valence-electron chi connectivity index (χ3n) is 28.4. The number of benzene rings is 23. The van der Waals surface area contributed by atoms with Gasteiger partial charge in [0.1, 0.15) is 0 Å². The molecular formula is C138H103N7Si. The highest BCUT2D eigenvalue weighted by molar-refractivity contribution is 7.19. The lowest BCUT2D eigenvalue weighted by atomic mass is 10.0. The van der Waals surface area contributed by atoms with E-state index in [2.05, 4.69) is 635 Å². The first-order valence-electron chi connectivity index (χ1n) is 50.1. The maximum atomic E-state index is 2.42. The monoisotopic (exact) mass is 1890 g/mol. The molecule has 27 rings (SSSR count). The van der Waals surface area contributed by atoms with Crippen molar-refractivity contribution in [1.29, 1.82) is 0 Å². The van der Waals surface area contributed by atoms with Crippen LogP contribution in [-0.2, 0) is 0 Å². The second-order valence-electron chi connectivity index (χ2n) is 37.2. The summed E-state index contributed by atoms with van der Waals surface area (Å²) in [5.74, 6) is 0. The molecule has 0 N–H and O–H groups in total. The molecule has 0 aliphatic heterocycles. The lowest BCUT2D eigenvalue weighted by molar-refractivity contribution is 1.17. The van der Waals surface area contributed by atoms with E-state index in [1.165, 1.54) is 147 Å². The molecule has 0 aliphatic carbocycles. The van der Waals surface area contributed by atoms with Crippen molar-refractivity contribution in [2.24, 2.45) is 0 Å². The van der Waals surface area contributed by atoms with Crippen LogP contribution in [0.5, 0.6) is 0 Å². The van der Waals surface area contributed by atoms with E-state index < -0.39 is 8.07 Å². The molecule has 0 bridgehead atoms. The number of aromatic nitrogens is 4. The molecule has 0 saturated heterocycles. The van der Waals surface area contributed by atoms with Crippen LogP contribution in [0.4, 0.5) is 51.2 Å². The summed E-state index contributed by atoms with van der Waals surface area (Å²) < 4.78 is 9.48. The fourth-order valence-corrected chi connectivity index (χ4v) is 26.4. The number of fused-ring (bicyclic) bond motifs is 13. The molecule has 0 radical (unpaired) electrons. The maximum absolute atomic E-state index is 2.57. The maximum Gasteiger partial charge on any atom is 0.179 e. The van der Waals surface area contributed by atoms with E-state index in [4.69, 9.17) is 0 Å². The number of hydrogen-bond donors (Lipinski definition) is 0. The van der Waals surface area contributed by atoms with Gasteiger partial charge in [-0.25, -0.2) is 0 Å². The minimum absolute atomic E-state index is 1.13. The summed E-state index contributed by atoms with van der Waals surface area (Å²) in [7, 11) is -2.57. The Hall–Kier alpha value is -18.9. The van der Waals surface area contributed by atoms with Gasteiger partial charge in [0.15, 0.2) is 8.07 Å². The average molecular weight is 1890 g/mol. The number of rotatable bonds is 18. The fourth-order valence-electron chi connectivity index (χ4n) is 21.6. The second kappa shape index (κ2) is 40.0. The Bertz CT molecular complexity index is 8920. The normalized spacial score (nSPS) is 11.4. The van der Waals surface area contributed by atoms with Crippen LogP contribution in [0, 0.1) is 13.8 Å². The van der Waals surface area contributed by atoms with E-state index >= 15 is 0 Å². The van der Waals surface area contributed by atoms with Crippen molar-refractivity contribution in [3.8, 4) is 33.9 Å². The largest absolute Gasteiger partial charge is 0.311 e. The van der Waals surface area contributed by atoms with Gasteiger partial charge in [-0.2, -0.15) is 0 Å². The van der Waals surface area contributed by atoms with E-state index in [1.807, 2.05) is 0 Å². The molecule has 0 fully saturated rings. The van der Waals surface area contributed by atoms with E-state index in [1.54, 1.807) is 0 Å². The summed E-state index contributed by atoms with van der Waals surface area (Å²) in [5.41, 5.74) is 29.7. The van der Waals surface area contributed by atoms with Crippen LogP contribution in [-0.4, -0.2) is 26.3 Å². The highest BCUT2D eigenvalue weighted by Gasteiger charge is 2.41. The smallest absolute Gasteiger partial charge is 0.179 e. The van der Waals surface area contributed by atoms with Gasteiger partial charge in [0.25, 0.3) is 0 Å². The van der Waals surface area contributed by atoms with E-state index in [9.17, 15) is 0 Å². The SMILES string of the molecule is Cc1ccc(N(c2ccc(C)cc2)c2ccc(-n3c4ccccc4c4ccccc43)cc2)cc1.c1ccc(-c2ccc3c(c2)c2ccccc2n3-c2ccc([Si](c3ccccc3)(c3ccccc3)c3ccccc3)cc2)cc1.c1ccc(N(c2ccc(-n3c4ccccc4c4ccccc43)cc2)c2ccc3ccccc3c2)cc1.c1ccc(N(c2ccccc2)c2ccc(-n3c4ccccc4c4ccccc43)cc2)cc1. The van der Waals surface area contributed by atoms with Gasteiger partial charge in [-0.05, 0) is 269 Å². The van der Waals surface area contributed by atoms with E-state index in [-0.39, 0.29) is 0 Å². The van der Waals surface area contributed by atoms with Crippen molar-refractivity contribution in [1.82, 2.24) is 18.3 Å². The van der Waals surface area contributed by atoms with Gasteiger partial charge in [-0.15, -0.1) is 0 Å². The summed E-state index contributed by atoms with van der Waals surface area (Å²) in [5, 5.41) is 18.2. The third kappa shape index (κ3) is 17.2. The van der Waals surface area contributed by atoms with Gasteiger partial charge in [0, 0.05) is 117 Å². The van der Waals surface area contributed by atoms with Gasteiger partial charge in [-0.1, -0.05) is 387 Å². The summed E-state index contributed by atoms with van der Waals surface area (Å²) in [6, 6.07) is 212. The van der Waals surface area contributed by atoms with Crippen molar-refractivity contribution in [3.63, 3.8) is 0 Å². The molecule has 0 aliphatic rings. The quantitative estimate of drug-likeness (QED) is 0.0633. The lowest BCUT2D eigenvalue weighted by Gasteiger charge is -2.34. The number of anilines is 9. The van der Waals surface area contributed by atoms with Gasteiger partial charge in [0.05, 0.1) is 44.1 Å². The van der Waals surface area contributed by atoms with Gasteiger partial charge < -0.3 is 33.0 Å². The highest BCUT2D eigenvalue weighted by Crippen LogP contribution is 2.44. The topological polar surface area (TPSA) is 29.4 Å². The molecule has 0 saturated carbocycles. The van der Waals surface area contributed by atoms with Crippen molar-refractivity contribution < 1.29 is 0 Å². The van der Waals surface area contributed by atoms with Crippen molar-refractivity contribution in [2.45, 2.75) is 13.8 Å². The minimum atomic E-state index is -2.57. The first-order chi connectivity index (χ1) is 72.3. The Morgan fingerprint density at radius 3 is 0.678 bits per heavy atom. The van der Waals surface area contributed by atoms with E-state index in [0.717, 1.165) is 68.2 Å². The van der Waals surface area contributed by atoms with Crippen LogP contribution in [0.15, 0.2) is 588 Å². The molecule has 27 aromatic rings. The molecule has 4 heterocycles.